The second-order valence-electron chi connectivity index (χ2n) is 8.72. The summed E-state index contributed by atoms with van der Waals surface area (Å²) in [6.07, 6.45) is 9.68. The smallest absolute Gasteiger partial charge is 0.314 e. The van der Waals surface area contributed by atoms with Gasteiger partial charge in [-0.3, -0.25) is 0 Å². The van der Waals surface area contributed by atoms with Crippen molar-refractivity contribution in [1.82, 2.24) is 29.9 Å². The Morgan fingerprint density at radius 2 is 1.83 bits per heavy atom. The van der Waals surface area contributed by atoms with Crippen molar-refractivity contribution in [2.45, 2.75) is 21.9 Å². The Balaban J connectivity index is 1.43. The molecule has 1 fully saturated rings. The summed E-state index contributed by atoms with van der Waals surface area (Å²) in [5.41, 5.74) is 6.19. The zero-order chi connectivity index (χ0) is 24.6. The maximum atomic E-state index is 13.6. The number of nitrogens with two attached hydrogens (primary N) is 1. The molecule has 3 N–H and O–H groups in total. The molecule has 2 amide bonds. The summed E-state index contributed by atoms with van der Waals surface area (Å²) in [6, 6.07) is 4.54. The number of benzene rings is 1. The number of halogens is 2. The van der Waals surface area contributed by atoms with Crippen LogP contribution < -0.4 is 11.1 Å². The minimum absolute atomic E-state index is 0.430. The number of nitrogens with zero attached hydrogens (tertiary/aromatic N) is 5. The van der Waals surface area contributed by atoms with Gasteiger partial charge in [-0.2, -0.15) is 5.10 Å². The fraction of sp³-hybridized carbons (Fsp3) is 0.292. The lowest BCUT2D eigenvalue weighted by atomic mass is 9.98. The summed E-state index contributed by atoms with van der Waals surface area (Å²) in [7, 11) is 2.11. The molecule has 1 aliphatic carbocycles. The molecular weight excluding hydrogens is 472 g/mol. The van der Waals surface area contributed by atoms with Crippen LogP contribution in [0.1, 0.15) is 6.42 Å². The Morgan fingerprint density at radius 1 is 1.09 bits per heavy atom. The number of hydrogen-bond acceptors (Lipinski definition) is 6. The average molecular weight is 498 g/mol. The first kappa shape index (κ1) is 23.3. The minimum atomic E-state index is -1.00. The van der Waals surface area contributed by atoms with E-state index in [1.54, 1.807) is 17.1 Å². The van der Waals surface area contributed by atoms with Crippen molar-refractivity contribution >= 4 is 28.8 Å². The lowest BCUT2D eigenvalue weighted by Gasteiger charge is -2.38. The summed E-state index contributed by atoms with van der Waals surface area (Å²) >= 11 is 1.20. The molecule has 1 aromatic carbocycles. The van der Waals surface area contributed by atoms with Gasteiger partial charge >= 0.3 is 6.03 Å². The molecule has 1 saturated heterocycles. The Labute approximate surface area is 205 Å². The second kappa shape index (κ2) is 9.31. The Kier molecular flexibility index (Phi) is 6.20. The number of hydrogen-bond donors (Lipinski definition) is 2. The molecule has 182 valence electrons. The first-order valence-electron chi connectivity index (χ1n) is 11.2. The van der Waals surface area contributed by atoms with E-state index in [-0.39, 0.29) is 0 Å². The van der Waals surface area contributed by atoms with Crippen LogP contribution in [0.15, 0.2) is 70.4 Å². The van der Waals surface area contributed by atoms with Gasteiger partial charge < -0.3 is 20.9 Å². The fourth-order valence-corrected chi connectivity index (χ4v) is 5.31. The summed E-state index contributed by atoms with van der Waals surface area (Å²) in [6.45, 7) is 3.86. The van der Waals surface area contributed by atoms with E-state index in [0.717, 1.165) is 43.3 Å². The molecule has 0 radical (unpaired) electrons. The lowest BCUT2D eigenvalue weighted by molar-refractivity contribution is 0.186. The van der Waals surface area contributed by atoms with Gasteiger partial charge in [-0.25, -0.2) is 23.2 Å². The molecule has 35 heavy (non-hydrogen) atoms. The van der Waals surface area contributed by atoms with E-state index < -0.39 is 23.3 Å². The molecule has 0 bridgehead atoms. The van der Waals surface area contributed by atoms with Gasteiger partial charge in [-0.05, 0) is 37.4 Å². The van der Waals surface area contributed by atoms with Gasteiger partial charge in [-0.15, -0.1) is 0 Å². The molecule has 2 aromatic heterocycles. The molecule has 11 heteroatoms. The van der Waals surface area contributed by atoms with Crippen molar-refractivity contribution in [2.24, 2.45) is 5.73 Å². The highest BCUT2D eigenvalue weighted by Crippen LogP contribution is 2.33. The number of carbonyl (C=O) groups is 1. The number of rotatable bonds is 5. The van der Waals surface area contributed by atoms with Crippen LogP contribution in [0.3, 0.4) is 0 Å². The summed E-state index contributed by atoms with van der Waals surface area (Å²) in [5.74, 6) is -1.27. The van der Waals surface area contributed by atoms with Crippen LogP contribution in [0.5, 0.6) is 0 Å². The summed E-state index contributed by atoms with van der Waals surface area (Å²) in [5, 5.41) is 8.08. The van der Waals surface area contributed by atoms with E-state index in [2.05, 4.69) is 38.3 Å². The van der Waals surface area contributed by atoms with Gasteiger partial charge in [0, 0.05) is 65.7 Å². The van der Waals surface area contributed by atoms with E-state index in [4.69, 9.17) is 5.73 Å². The van der Waals surface area contributed by atoms with Crippen LogP contribution in [0.2, 0.25) is 0 Å². The number of carbonyl (C=O) groups excluding carboxylic acids is 1. The van der Waals surface area contributed by atoms with Crippen molar-refractivity contribution in [3.8, 4) is 0 Å². The van der Waals surface area contributed by atoms with Gasteiger partial charge in [0.25, 0.3) is 0 Å². The number of fused-ring (bicyclic) bond motifs is 1. The summed E-state index contributed by atoms with van der Waals surface area (Å²) < 4.78 is 28.8. The largest absolute Gasteiger partial charge is 0.369 e. The van der Waals surface area contributed by atoms with Crippen molar-refractivity contribution in [2.75, 3.05) is 33.2 Å². The van der Waals surface area contributed by atoms with E-state index in [9.17, 15) is 13.6 Å². The van der Waals surface area contributed by atoms with Gasteiger partial charge in [0.1, 0.15) is 11.6 Å². The van der Waals surface area contributed by atoms with E-state index in [1.807, 2.05) is 18.2 Å². The Bertz CT molecular complexity index is 1310. The third-order valence-corrected chi connectivity index (χ3v) is 7.12. The van der Waals surface area contributed by atoms with Crippen LogP contribution >= 0.6 is 11.8 Å². The normalized spacial score (nSPS) is 20.8. The fourth-order valence-electron chi connectivity index (χ4n) is 4.41. The number of allylic oxidation sites excluding steroid dienone is 1. The van der Waals surface area contributed by atoms with Crippen molar-refractivity contribution < 1.29 is 13.6 Å². The van der Waals surface area contributed by atoms with E-state index in [0.29, 0.717) is 21.9 Å². The highest BCUT2D eigenvalue weighted by Gasteiger charge is 2.35. The Morgan fingerprint density at radius 3 is 2.49 bits per heavy atom. The number of urea groups is 1. The number of primary amides is 1. The first-order valence-corrected chi connectivity index (χ1v) is 12.0. The monoisotopic (exact) mass is 497 g/mol. The molecule has 8 nitrogen and oxygen atoms in total. The number of likely N-dealkylation sites (N-methyl/N-ethyl adjacent to an activating group) is 1. The predicted molar refractivity (Wildman–Crippen MR) is 130 cm³/mol. The predicted octanol–water partition coefficient (Wildman–Crippen LogP) is 3.27. The number of aromatic nitrogens is 3. The quantitative estimate of drug-likeness (QED) is 0.562. The molecule has 0 spiro atoms. The topological polar surface area (TPSA) is 92.3 Å². The zero-order valence-corrected chi connectivity index (χ0v) is 19.9. The summed E-state index contributed by atoms with van der Waals surface area (Å²) in [4.78, 5) is 22.3. The molecule has 0 saturated carbocycles. The third-order valence-electron chi connectivity index (χ3n) is 6.19. The van der Waals surface area contributed by atoms with Gasteiger partial charge in [-0.1, -0.05) is 17.8 Å². The number of piperazine rings is 1. The van der Waals surface area contributed by atoms with Crippen LogP contribution in [0.25, 0.3) is 11.0 Å². The molecular formula is C24H25F2N7OS. The molecule has 1 aliphatic heterocycles. The van der Waals surface area contributed by atoms with Crippen LogP contribution in [-0.4, -0.2) is 63.8 Å². The van der Waals surface area contributed by atoms with Gasteiger partial charge in [0.15, 0.2) is 11.3 Å². The van der Waals surface area contributed by atoms with Crippen LogP contribution in [-0.2, 0) is 5.66 Å². The van der Waals surface area contributed by atoms with Crippen LogP contribution in [0, 0.1) is 11.6 Å². The first-order chi connectivity index (χ1) is 16.8. The number of amides is 2. The van der Waals surface area contributed by atoms with Crippen molar-refractivity contribution in [3.63, 3.8) is 0 Å². The van der Waals surface area contributed by atoms with Crippen molar-refractivity contribution in [3.05, 3.63) is 72.2 Å². The SMILES string of the molecule is CN1CCN(C2=CCC(NC(N)=O)(n3ncc4cc(Sc5cc(F)cc(F)c5)cnc43)C=C2)CC1. The number of nitrogens with one attached hydrogen (secondary N) is 1. The molecule has 1 atom stereocenters. The highest BCUT2D eigenvalue weighted by atomic mass is 32.2. The van der Waals surface area contributed by atoms with Gasteiger partial charge in [0.2, 0.25) is 0 Å². The minimum Gasteiger partial charge on any atom is -0.369 e. The maximum absolute atomic E-state index is 13.6. The molecule has 5 rings (SSSR count). The van der Waals surface area contributed by atoms with E-state index >= 15 is 0 Å². The zero-order valence-electron chi connectivity index (χ0n) is 19.1. The number of pyridine rings is 1. The van der Waals surface area contributed by atoms with Crippen LogP contribution in [0.4, 0.5) is 13.6 Å². The Hall–Kier alpha value is -3.44. The van der Waals surface area contributed by atoms with Gasteiger partial charge in [0.05, 0.1) is 6.20 Å². The maximum Gasteiger partial charge on any atom is 0.314 e. The lowest BCUT2D eigenvalue weighted by Crippen LogP contribution is -2.52. The van der Waals surface area contributed by atoms with E-state index in [1.165, 1.54) is 23.9 Å². The molecule has 1 unspecified atom stereocenters. The molecule has 2 aliphatic rings. The van der Waals surface area contributed by atoms with Crippen molar-refractivity contribution in [1.29, 1.82) is 0 Å². The molecule has 3 aromatic rings. The third kappa shape index (κ3) is 4.87. The second-order valence-corrected chi connectivity index (χ2v) is 9.86. The standard InChI is InChI=1S/C24H25F2N7OS/c1-31-6-8-32(9-7-31)19-2-4-24(5-3-19,30-23(27)34)33-22-16(14-29-33)10-21(15-28-22)35-20-12-17(25)11-18(26)13-20/h2-4,10-15H,5-9H2,1H3,(H3,27,30,34). The average Bonchev–Trinajstić information content (AvgIpc) is 3.23. The highest BCUT2D eigenvalue weighted by molar-refractivity contribution is 7.99. The molecule has 3 heterocycles.